The summed E-state index contributed by atoms with van der Waals surface area (Å²) >= 11 is 0. The van der Waals surface area contributed by atoms with Gasteiger partial charge in [0.1, 0.15) is 0 Å². The molecule has 3 nitrogen and oxygen atoms in total. The van der Waals surface area contributed by atoms with Gasteiger partial charge in [-0.1, -0.05) is 12.8 Å². The molecule has 18 heavy (non-hydrogen) atoms. The number of fused-ring (bicyclic) bond motifs is 1. The molecule has 1 saturated carbocycles. The summed E-state index contributed by atoms with van der Waals surface area (Å²) in [6, 6.07) is 2.82. The minimum absolute atomic E-state index is 0.0500. The zero-order valence-electron chi connectivity index (χ0n) is 9.92. The molecule has 0 spiro atoms. The van der Waals surface area contributed by atoms with E-state index >= 15 is 0 Å². The van der Waals surface area contributed by atoms with Crippen LogP contribution in [0, 0.1) is 0 Å². The fourth-order valence-corrected chi connectivity index (χ4v) is 2.80. The number of alkyl halides is 2. The standard InChI is InChI=1S/C13H15F2NO2/c14-12(15)8-5-9(13(16)3-1-2-4-13)11-10(6-8)17-7-18-11/h5-6,12H,1-4,7,16H2. The first-order chi connectivity index (χ1) is 8.60. The maximum absolute atomic E-state index is 12.9. The summed E-state index contributed by atoms with van der Waals surface area (Å²) in [5.74, 6) is 0.934. The van der Waals surface area contributed by atoms with Gasteiger partial charge in [0.2, 0.25) is 6.79 Å². The zero-order chi connectivity index (χ0) is 12.8. The lowest BCUT2D eigenvalue weighted by molar-refractivity contribution is 0.150. The van der Waals surface area contributed by atoms with Crippen LogP contribution in [0.3, 0.4) is 0 Å². The quantitative estimate of drug-likeness (QED) is 0.883. The SMILES string of the molecule is NC1(c2cc(C(F)F)cc3c2OCO3)CCCC1. The van der Waals surface area contributed by atoms with Crippen molar-refractivity contribution < 1.29 is 18.3 Å². The molecule has 1 aromatic rings. The Bertz CT molecular complexity index is 470. The van der Waals surface area contributed by atoms with Gasteiger partial charge < -0.3 is 15.2 Å². The van der Waals surface area contributed by atoms with Crippen LogP contribution >= 0.6 is 0 Å². The van der Waals surface area contributed by atoms with Crippen molar-refractivity contribution in [1.82, 2.24) is 0 Å². The van der Waals surface area contributed by atoms with E-state index in [-0.39, 0.29) is 12.4 Å². The Balaban J connectivity index is 2.12. The lowest BCUT2D eigenvalue weighted by atomic mass is 9.87. The van der Waals surface area contributed by atoms with Gasteiger partial charge in [-0.3, -0.25) is 0 Å². The number of rotatable bonds is 2. The van der Waals surface area contributed by atoms with Gasteiger partial charge in [0, 0.05) is 16.7 Å². The van der Waals surface area contributed by atoms with Crippen molar-refractivity contribution in [2.24, 2.45) is 5.73 Å². The third-order valence-corrected chi connectivity index (χ3v) is 3.78. The largest absolute Gasteiger partial charge is 0.454 e. The molecule has 2 N–H and O–H groups in total. The van der Waals surface area contributed by atoms with Crippen LogP contribution in [-0.2, 0) is 5.54 Å². The van der Waals surface area contributed by atoms with Gasteiger partial charge in [-0.15, -0.1) is 0 Å². The van der Waals surface area contributed by atoms with Crippen molar-refractivity contribution in [2.75, 3.05) is 6.79 Å². The van der Waals surface area contributed by atoms with Crippen LogP contribution in [0.2, 0.25) is 0 Å². The highest BCUT2D eigenvalue weighted by molar-refractivity contribution is 5.54. The molecule has 1 heterocycles. The summed E-state index contributed by atoms with van der Waals surface area (Å²) < 4.78 is 36.4. The Labute approximate surface area is 104 Å². The molecule has 1 aromatic carbocycles. The summed E-state index contributed by atoms with van der Waals surface area (Å²) in [6.45, 7) is 0.0745. The number of benzene rings is 1. The molecule has 0 unspecified atom stereocenters. The van der Waals surface area contributed by atoms with Gasteiger partial charge in [-0.05, 0) is 25.0 Å². The van der Waals surface area contributed by atoms with Crippen molar-refractivity contribution in [3.63, 3.8) is 0 Å². The number of hydrogen-bond acceptors (Lipinski definition) is 3. The maximum atomic E-state index is 12.9. The first-order valence-corrected chi connectivity index (χ1v) is 6.11. The van der Waals surface area contributed by atoms with Gasteiger partial charge in [0.25, 0.3) is 6.43 Å². The van der Waals surface area contributed by atoms with Gasteiger partial charge in [0.15, 0.2) is 11.5 Å². The number of ether oxygens (including phenoxy) is 2. The Morgan fingerprint density at radius 1 is 1.17 bits per heavy atom. The van der Waals surface area contributed by atoms with E-state index in [0.717, 1.165) is 25.7 Å². The number of hydrogen-bond donors (Lipinski definition) is 1. The van der Waals surface area contributed by atoms with Gasteiger partial charge in [-0.25, -0.2) is 8.78 Å². The molecular formula is C13H15F2NO2. The predicted octanol–water partition coefficient (Wildman–Crippen LogP) is 3.08. The molecule has 98 valence electrons. The molecule has 0 amide bonds. The zero-order valence-corrected chi connectivity index (χ0v) is 9.92. The molecule has 0 radical (unpaired) electrons. The van der Waals surface area contributed by atoms with E-state index in [1.807, 2.05) is 0 Å². The Hall–Kier alpha value is -1.36. The van der Waals surface area contributed by atoms with E-state index in [1.165, 1.54) is 12.1 Å². The molecule has 2 aliphatic rings. The molecule has 1 fully saturated rings. The lowest BCUT2D eigenvalue weighted by Gasteiger charge is -2.26. The average Bonchev–Trinajstić information content (AvgIpc) is 2.96. The van der Waals surface area contributed by atoms with E-state index in [4.69, 9.17) is 15.2 Å². The smallest absolute Gasteiger partial charge is 0.263 e. The summed E-state index contributed by atoms with van der Waals surface area (Å²) in [6.07, 6.45) is 1.12. The number of nitrogens with two attached hydrogens (primary N) is 1. The molecule has 5 heteroatoms. The van der Waals surface area contributed by atoms with Crippen LogP contribution in [-0.4, -0.2) is 6.79 Å². The fourth-order valence-electron chi connectivity index (χ4n) is 2.80. The highest BCUT2D eigenvalue weighted by Gasteiger charge is 2.37. The van der Waals surface area contributed by atoms with Crippen LogP contribution < -0.4 is 15.2 Å². The minimum Gasteiger partial charge on any atom is -0.454 e. The van der Waals surface area contributed by atoms with E-state index < -0.39 is 12.0 Å². The van der Waals surface area contributed by atoms with Gasteiger partial charge in [-0.2, -0.15) is 0 Å². The van der Waals surface area contributed by atoms with Crippen LogP contribution in [0.5, 0.6) is 11.5 Å². The maximum Gasteiger partial charge on any atom is 0.263 e. The molecule has 1 aliphatic heterocycles. The second-order valence-corrected chi connectivity index (χ2v) is 4.97. The van der Waals surface area contributed by atoms with Crippen molar-refractivity contribution in [3.05, 3.63) is 23.3 Å². The second-order valence-electron chi connectivity index (χ2n) is 4.97. The molecule has 1 aliphatic carbocycles. The fraction of sp³-hybridized carbons (Fsp3) is 0.538. The van der Waals surface area contributed by atoms with Crippen molar-refractivity contribution in [3.8, 4) is 11.5 Å². The first-order valence-electron chi connectivity index (χ1n) is 6.11. The number of halogens is 2. The first kappa shape index (κ1) is 11.7. The van der Waals surface area contributed by atoms with Crippen LogP contribution in [0.15, 0.2) is 12.1 Å². The third kappa shape index (κ3) is 1.73. The average molecular weight is 255 g/mol. The lowest BCUT2D eigenvalue weighted by Crippen LogP contribution is -2.33. The molecule has 0 atom stereocenters. The van der Waals surface area contributed by atoms with Crippen LogP contribution in [0.25, 0.3) is 0 Å². The molecule has 0 saturated heterocycles. The Kier molecular flexibility index (Phi) is 2.66. The molecule has 3 rings (SSSR count). The van der Waals surface area contributed by atoms with Crippen molar-refractivity contribution in [2.45, 2.75) is 37.6 Å². The van der Waals surface area contributed by atoms with E-state index in [0.29, 0.717) is 17.1 Å². The van der Waals surface area contributed by atoms with Gasteiger partial charge in [0.05, 0.1) is 0 Å². The second kappa shape index (κ2) is 4.09. The normalized spacial score (nSPS) is 20.7. The van der Waals surface area contributed by atoms with Crippen LogP contribution in [0.1, 0.15) is 43.2 Å². The Morgan fingerprint density at radius 3 is 2.56 bits per heavy atom. The molecular weight excluding hydrogens is 240 g/mol. The minimum atomic E-state index is -2.52. The van der Waals surface area contributed by atoms with Crippen LogP contribution in [0.4, 0.5) is 8.78 Å². The summed E-state index contributed by atoms with van der Waals surface area (Å²) in [5, 5.41) is 0. The Morgan fingerprint density at radius 2 is 1.89 bits per heavy atom. The monoisotopic (exact) mass is 255 g/mol. The topological polar surface area (TPSA) is 44.5 Å². The summed E-state index contributed by atoms with van der Waals surface area (Å²) in [4.78, 5) is 0. The van der Waals surface area contributed by atoms with Crippen molar-refractivity contribution in [1.29, 1.82) is 0 Å². The highest BCUT2D eigenvalue weighted by atomic mass is 19.3. The predicted molar refractivity (Wildman–Crippen MR) is 61.9 cm³/mol. The molecule has 0 bridgehead atoms. The van der Waals surface area contributed by atoms with E-state index in [1.54, 1.807) is 0 Å². The van der Waals surface area contributed by atoms with E-state index in [9.17, 15) is 8.78 Å². The summed E-state index contributed by atoms with van der Waals surface area (Å²) in [5.41, 5.74) is 6.41. The third-order valence-electron chi connectivity index (χ3n) is 3.78. The molecule has 0 aromatic heterocycles. The van der Waals surface area contributed by atoms with Crippen molar-refractivity contribution >= 4 is 0 Å². The summed E-state index contributed by atoms with van der Waals surface area (Å²) in [7, 11) is 0. The highest BCUT2D eigenvalue weighted by Crippen LogP contribution is 2.47. The van der Waals surface area contributed by atoms with Gasteiger partial charge >= 0.3 is 0 Å². The van der Waals surface area contributed by atoms with E-state index in [2.05, 4.69) is 0 Å².